The van der Waals surface area contributed by atoms with Gasteiger partial charge in [-0.15, -0.1) is 0 Å². The maximum Gasteiger partial charge on any atom is 0.0241 e. The second kappa shape index (κ2) is 1.03. The highest BCUT2D eigenvalue weighted by Crippen LogP contribution is 2.39. The van der Waals surface area contributed by atoms with E-state index in [0.29, 0.717) is 0 Å². The number of rotatable bonds is 1. The third kappa shape index (κ3) is 0.367. The maximum absolute atomic E-state index is 2.57. The summed E-state index contributed by atoms with van der Waals surface area (Å²) in [6, 6.07) is 2.04. The Hall–Kier alpha value is -0.0400. The smallest absolute Gasteiger partial charge is 0.0241 e. The molecule has 2 saturated heterocycles. The minimum Gasteiger partial charge on any atom is -0.295 e. The Bertz CT molecular complexity index is 90.2. The second-order valence-corrected chi connectivity index (χ2v) is 2.65. The maximum atomic E-state index is 2.57. The van der Waals surface area contributed by atoms with Crippen LogP contribution in [0.1, 0.15) is 19.8 Å². The zero-order chi connectivity index (χ0) is 4.85. The molecule has 2 aliphatic rings. The normalized spacial score (nSPS) is 55.3. The van der Waals surface area contributed by atoms with Crippen LogP contribution in [-0.4, -0.2) is 23.5 Å². The molecule has 2 aliphatic heterocycles. The van der Waals surface area contributed by atoms with E-state index in [1.807, 2.05) is 0 Å². The number of fused-ring (bicyclic) bond motifs is 1. The van der Waals surface area contributed by atoms with Crippen LogP contribution in [0.2, 0.25) is 0 Å². The van der Waals surface area contributed by atoms with Gasteiger partial charge in [0.15, 0.2) is 0 Å². The summed E-state index contributed by atoms with van der Waals surface area (Å²) in [5.41, 5.74) is 0. The Morgan fingerprint density at radius 1 is 1.71 bits per heavy atom. The van der Waals surface area contributed by atoms with E-state index in [9.17, 15) is 0 Å². The van der Waals surface area contributed by atoms with Gasteiger partial charge in [0.05, 0.1) is 0 Å². The molecule has 0 aliphatic carbocycles. The lowest BCUT2D eigenvalue weighted by Crippen LogP contribution is -2.31. The van der Waals surface area contributed by atoms with Crippen molar-refractivity contribution >= 4 is 0 Å². The highest BCUT2D eigenvalue weighted by Gasteiger charge is 2.49. The minimum atomic E-state index is 0.991. The third-order valence-electron chi connectivity index (χ3n) is 2.24. The summed E-state index contributed by atoms with van der Waals surface area (Å²) in [5.74, 6) is 0. The number of hydrogen-bond acceptors (Lipinski definition) is 1. The largest absolute Gasteiger partial charge is 0.295 e. The standard InChI is InChI=1S/C6H11N/c1-2-5-3-6-4-7(5)6/h5-6H,2-4H2,1H3. The molecule has 40 valence electrons. The topological polar surface area (TPSA) is 3.01 Å². The lowest BCUT2D eigenvalue weighted by molar-refractivity contribution is 0.243. The molecule has 0 bridgehead atoms. The van der Waals surface area contributed by atoms with Gasteiger partial charge < -0.3 is 0 Å². The Kier molecular flexibility index (Phi) is 0.571. The lowest BCUT2D eigenvalue weighted by Gasteiger charge is -2.24. The first-order valence-electron chi connectivity index (χ1n) is 3.17. The molecule has 0 N–H and O–H groups in total. The van der Waals surface area contributed by atoms with Gasteiger partial charge in [-0.3, -0.25) is 4.90 Å². The van der Waals surface area contributed by atoms with E-state index in [1.165, 1.54) is 19.4 Å². The molecule has 0 aromatic carbocycles. The summed E-state index contributed by atoms with van der Waals surface area (Å²) < 4.78 is 0. The van der Waals surface area contributed by atoms with Crippen molar-refractivity contribution in [1.82, 2.24) is 4.90 Å². The molecule has 0 spiro atoms. The molecular weight excluding hydrogens is 86.1 g/mol. The van der Waals surface area contributed by atoms with Crippen LogP contribution in [0.4, 0.5) is 0 Å². The summed E-state index contributed by atoms with van der Waals surface area (Å²) >= 11 is 0. The molecule has 0 radical (unpaired) electrons. The van der Waals surface area contributed by atoms with Crippen LogP contribution in [-0.2, 0) is 0 Å². The van der Waals surface area contributed by atoms with Gasteiger partial charge in [-0.2, -0.15) is 0 Å². The SMILES string of the molecule is CCC1CC2CN12. The summed E-state index contributed by atoms with van der Waals surface area (Å²) in [6.07, 6.45) is 2.87. The highest BCUT2D eigenvalue weighted by molar-refractivity contribution is 5.05. The first-order chi connectivity index (χ1) is 3.42. The van der Waals surface area contributed by atoms with Gasteiger partial charge in [0.1, 0.15) is 0 Å². The van der Waals surface area contributed by atoms with Crippen molar-refractivity contribution in [2.24, 2.45) is 0 Å². The van der Waals surface area contributed by atoms with Gasteiger partial charge in [0.2, 0.25) is 0 Å². The van der Waals surface area contributed by atoms with Gasteiger partial charge in [0.25, 0.3) is 0 Å². The van der Waals surface area contributed by atoms with Gasteiger partial charge >= 0.3 is 0 Å². The summed E-state index contributed by atoms with van der Waals surface area (Å²) in [6.45, 7) is 3.69. The van der Waals surface area contributed by atoms with Crippen molar-refractivity contribution in [1.29, 1.82) is 0 Å². The molecular formula is C6H11N. The van der Waals surface area contributed by atoms with Gasteiger partial charge in [0, 0.05) is 18.6 Å². The molecule has 3 atom stereocenters. The predicted molar refractivity (Wildman–Crippen MR) is 29.2 cm³/mol. The summed E-state index contributed by atoms with van der Waals surface area (Å²) in [5, 5.41) is 0. The van der Waals surface area contributed by atoms with Crippen LogP contribution in [0.5, 0.6) is 0 Å². The molecule has 2 heterocycles. The molecule has 1 heteroatoms. The summed E-state index contributed by atoms with van der Waals surface area (Å²) in [4.78, 5) is 2.57. The Morgan fingerprint density at radius 2 is 2.57 bits per heavy atom. The molecule has 0 aromatic rings. The van der Waals surface area contributed by atoms with Crippen molar-refractivity contribution < 1.29 is 0 Å². The summed E-state index contributed by atoms with van der Waals surface area (Å²) in [7, 11) is 0. The predicted octanol–water partition coefficient (Wildman–Crippen LogP) is 0.853. The Balaban J connectivity index is 1.92. The molecule has 0 amide bonds. The van der Waals surface area contributed by atoms with Gasteiger partial charge in [-0.05, 0) is 12.8 Å². The molecule has 3 unspecified atom stereocenters. The van der Waals surface area contributed by atoms with Gasteiger partial charge in [-0.1, -0.05) is 6.92 Å². The van der Waals surface area contributed by atoms with Crippen LogP contribution in [0, 0.1) is 0 Å². The molecule has 0 aromatic heterocycles. The molecule has 2 rings (SSSR count). The zero-order valence-corrected chi connectivity index (χ0v) is 4.72. The van der Waals surface area contributed by atoms with Crippen LogP contribution < -0.4 is 0 Å². The van der Waals surface area contributed by atoms with Crippen molar-refractivity contribution in [3.05, 3.63) is 0 Å². The van der Waals surface area contributed by atoms with Crippen molar-refractivity contribution in [3.63, 3.8) is 0 Å². The van der Waals surface area contributed by atoms with Crippen LogP contribution in [0.3, 0.4) is 0 Å². The molecule has 0 saturated carbocycles. The van der Waals surface area contributed by atoms with E-state index in [1.54, 1.807) is 0 Å². The zero-order valence-electron chi connectivity index (χ0n) is 4.72. The van der Waals surface area contributed by atoms with E-state index in [0.717, 1.165) is 12.1 Å². The van der Waals surface area contributed by atoms with E-state index in [4.69, 9.17) is 0 Å². The fourth-order valence-corrected chi connectivity index (χ4v) is 1.57. The van der Waals surface area contributed by atoms with E-state index >= 15 is 0 Å². The quantitative estimate of drug-likeness (QED) is 0.438. The first kappa shape index (κ1) is 3.90. The van der Waals surface area contributed by atoms with Crippen molar-refractivity contribution in [3.8, 4) is 0 Å². The number of hydrogen-bond donors (Lipinski definition) is 0. The van der Waals surface area contributed by atoms with Crippen LogP contribution in [0.15, 0.2) is 0 Å². The van der Waals surface area contributed by atoms with Crippen LogP contribution >= 0.6 is 0 Å². The van der Waals surface area contributed by atoms with E-state index in [-0.39, 0.29) is 0 Å². The van der Waals surface area contributed by atoms with E-state index in [2.05, 4.69) is 11.8 Å². The molecule has 7 heavy (non-hydrogen) atoms. The van der Waals surface area contributed by atoms with Crippen molar-refractivity contribution in [2.45, 2.75) is 31.8 Å². The lowest BCUT2D eigenvalue weighted by atomic mass is 10.0. The fraction of sp³-hybridized carbons (Fsp3) is 1.00. The number of nitrogens with zero attached hydrogens (tertiary/aromatic N) is 1. The first-order valence-corrected chi connectivity index (χ1v) is 3.17. The van der Waals surface area contributed by atoms with Gasteiger partial charge in [-0.25, -0.2) is 0 Å². The van der Waals surface area contributed by atoms with Crippen molar-refractivity contribution in [2.75, 3.05) is 6.54 Å². The minimum absolute atomic E-state index is 0.991. The Morgan fingerprint density at radius 3 is 2.71 bits per heavy atom. The average Bonchev–Trinajstić information content (AvgIpc) is 2.18. The molecule has 1 nitrogen and oxygen atoms in total. The highest BCUT2D eigenvalue weighted by atomic mass is 15.4. The molecule has 2 fully saturated rings. The Labute approximate surface area is 44.3 Å². The third-order valence-corrected chi connectivity index (χ3v) is 2.24. The second-order valence-electron chi connectivity index (χ2n) is 2.65. The monoisotopic (exact) mass is 97.1 g/mol. The van der Waals surface area contributed by atoms with Crippen LogP contribution in [0.25, 0.3) is 0 Å². The van der Waals surface area contributed by atoms with E-state index < -0.39 is 0 Å². The fourth-order valence-electron chi connectivity index (χ4n) is 1.57. The average molecular weight is 97.2 g/mol.